The fourth-order valence-corrected chi connectivity index (χ4v) is 4.53. The van der Waals surface area contributed by atoms with E-state index in [1.807, 2.05) is 24.4 Å². The lowest BCUT2D eigenvalue weighted by molar-refractivity contribution is 0.0742. The van der Waals surface area contributed by atoms with Crippen molar-refractivity contribution in [1.82, 2.24) is 14.9 Å². The second-order valence-electron chi connectivity index (χ2n) is 5.89. The van der Waals surface area contributed by atoms with Crippen molar-refractivity contribution in [3.8, 4) is 0 Å². The van der Waals surface area contributed by atoms with E-state index < -0.39 is 0 Å². The van der Waals surface area contributed by atoms with E-state index in [-0.39, 0.29) is 11.9 Å². The molecule has 4 heterocycles. The van der Waals surface area contributed by atoms with Crippen molar-refractivity contribution in [3.05, 3.63) is 40.3 Å². The lowest BCUT2D eigenvalue weighted by Crippen LogP contribution is -2.40. The lowest BCUT2D eigenvalue weighted by atomic mass is 10.1. The molecule has 5 nitrogen and oxygen atoms in total. The molecular formula is C16H18N4OS. The molecule has 0 saturated carbocycles. The predicted octanol–water partition coefficient (Wildman–Crippen LogP) is 2.34. The molecular weight excluding hydrogens is 296 g/mol. The van der Waals surface area contributed by atoms with Crippen molar-refractivity contribution >= 4 is 23.2 Å². The van der Waals surface area contributed by atoms with Crippen LogP contribution in [0.15, 0.2) is 29.9 Å². The Kier molecular flexibility index (Phi) is 3.33. The number of anilines is 1. The summed E-state index contributed by atoms with van der Waals surface area (Å²) in [5.41, 5.74) is 1.08. The van der Waals surface area contributed by atoms with E-state index in [2.05, 4.69) is 19.8 Å². The van der Waals surface area contributed by atoms with Gasteiger partial charge in [0.25, 0.3) is 5.91 Å². The zero-order valence-electron chi connectivity index (χ0n) is 12.5. The maximum absolute atomic E-state index is 12.8. The Balaban J connectivity index is 1.56. The van der Waals surface area contributed by atoms with Gasteiger partial charge in [0.1, 0.15) is 0 Å². The third kappa shape index (κ3) is 2.09. The van der Waals surface area contributed by atoms with E-state index in [1.54, 1.807) is 23.7 Å². The Morgan fingerprint density at radius 3 is 2.73 bits per heavy atom. The first-order valence-corrected chi connectivity index (χ1v) is 8.52. The third-order valence-electron chi connectivity index (χ3n) is 4.70. The number of carbonyl (C=O) groups is 1. The van der Waals surface area contributed by atoms with Gasteiger partial charge in [0.15, 0.2) is 0 Å². The van der Waals surface area contributed by atoms with Crippen LogP contribution in [-0.4, -0.2) is 45.9 Å². The minimum absolute atomic E-state index is 0.191. The quantitative estimate of drug-likeness (QED) is 0.854. The molecule has 0 radical (unpaired) electrons. The molecule has 2 saturated heterocycles. The lowest BCUT2D eigenvalue weighted by Gasteiger charge is -2.25. The molecule has 2 aromatic heterocycles. The van der Waals surface area contributed by atoms with Gasteiger partial charge in [-0.05, 0) is 42.8 Å². The fourth-order valence-electron chi connectivity index (χ4n) is 3.65. The van der Waals surface area contributed by atoms with E-state index in [0.29, 0.717) is 6.04 Å². The molecule has 0 unspecified atom stereocenters. The average molecular weight is 314 g/mol. The zero-order chi connectivity index (χ0) is 15.1. The Hall–Kier alpha value is -1.95. The van der Waals surface area contributed by atoms with Gasteiger partial charge in [0.2, 0.25) is 5.95 Å². The minimum Gasteiger partial charge on any atom is -0.336 e. The smallest absolute Gasteiger partial charge is 0.264 e. The van der Waals surface area contributed by atoms with Crippen molar-refractivity contribution in [2.24, 2.45) is 0 Å². The van der Waals surface area contributed by atoms with Crippen LogP contribution in [0.25, 0.3) is 0 Å². The van der Waals surface area contributed by atoms with Gasteiger partial charge in [0.05, 0.1) is 17.0 Å². The maximum Gasteiger partial charge on any atom is 0.264 e. The van der Waals surface area contributed by atoms with Crippen molar-refractivity contribution in [2.45, 2.75) is 31.8 Å². The van der Waals surface area contributed by atoms with Crippen molar-refractivity contribution in [1.29, 1.82) is 0 Å². The standard InChI is InChI=1S/C16H18N4OS/c1-11-5-10-22-14(11)15(21)19-8-3-13-12(19)4-9-20(13)16-17-6-2-7-18-16/h2,5-7,10,12-13H,3-4,8-9H2,1H3/t12-,13+/m1/s1. The monoisotopic (exact) mass is 314 g/mol. The number of aryl methyl sites for hydroxylation is 1. The molecule has 0 bridgehead atoms. The first-order valence-electron chi connectivity index (χ1n) is 7.64. The Labute approximate surface area is 133 Å². The van der Waals surface area contributed by atoms with Crippen LogP contribution >= 0.6 is 11.3 Å². The van der Waals surface area contributed by atoms with Gasteiger partial charge in [-0.3, -0.25) is 4.79 Å². The van der Waals surface area contributed by atoms with E-state index in [9.17, 15) is 4.79 Å². The van der Waals surface area contributed by atoms with E-state index >= 15 is 0 Å². The highest BCUT2D eigenvalue weighted by molar-refractivity contribution is 7.12. The van der Waals surface area contributed by atoms with E-state index in [4.69, 9.17) is 0 Å². The van der Waals surface area contributed by atoms with Gasteiger partial charge in [-0.15, -0.1) is 11.3 Å². The molecule has 4 rings (SSSR count). The topological polar surface area (TPSA) is 49.3 Å². The van der Waals surface area contributed by atoms with Crippen molar-refractivity contribution in [2.75, 3.05) is 18.0 Å². The Bertz CT molecular complexity index is 686. The number of fused-ring (bicyclic) bond motifs is 1. The Morgan fingerprint density at radius 2 is 2.00 bits per heavy atom. The molecule has 2 fully saturated rings. The van der Waals surface area contributed by atoms with Crippen LogP contribution in [0.5, 0.6) is 0 Å². The molecule has 1 amide bonds. The van der Waals surface area contributed by atoms with Gasteiger partial charge >= 0.3 is 0 Å². The predicted molar refractivity (Wildman–Crippen MR) is 86.3 cm³/mol. The third-order valence-corrected chi connectivity index (χ3v) is 5.71. The van der Waals surface area contributed by atoms with Crippen molar-refractivity contribution in [3.63, 3.8) is 0 Å². The van der Waals surface area contributed by atoms with Crippen LogP contribution in [0.1, 0.15) is 28.1 Å². The summed E-state index contributed by atoms with van der Waals surface area (Å²) in [5, 5.41) is 1.99. The summed E-state index contributed by atoms with van der Waals surface area (Å²) in [5.74, 6) is 0.979. The first kappa shape index (κ1) is 13.7. The SMILES string of the molecule is Cc1ccsc1C(=O)N1CC[C@H]2[C@H]1CCN2c1ncccn1. The highest BCUT2D eigenvalue weighted by atomic mass is 32.1. The van der Waals surface area contributed by atoms with Gasteiger partial charge < -0.3 is 9.80 Å². The van der Waals surface area contributed by atoms with Crippen LogP contribution in [-0.2, 0) is 0 Å². The summed E-state index contributed by atoms with van der Waals surface area (Å²) in [6, 6.07) is 4.50. The van der Waals surface area contributed by atoms with Crippen LogP contribution < -0.4 is 4.90 Å². The normalized spacial score (nSPS) is 23.9. The van der Waals surface area contributed by atoms with Gasteiger partial charge in [-0.25, -0.2) is 9.97 Å². The summed E-state index contributed by atoms with van der Waals surface area (Å²) in [7, 11) is 0. The number of thiophene rings is 1. The van der Waals surface area contributed by atoms with E-state index in [1.165, 1.54) is 0 Å². The number of amides is 1. The molecule has 114 valence electrons. The summed E-state index contributed by atoms with van der Waals surface area (Å²) >= 11 is 1.55. The number of carbonyl (C=O) groups excluding carboxylic acids is 1. The number of hydrogen-bond donors (Lipinski definition) is 0. The van der Waals surface area contributed by atoms with Gasteiger partial charge in [-0.2, -0.15) is 0 Å². The highest BCUT2D eigenvalue weighted by Gasteiger charge is 2.45. The largest absolute Gasteiger partial charge is 0.336 e. The molecule has 2 aliphatic heterocycles. The zero-order valence-corrected chi connectivity index (χ0v) is 13.3. The molecule has 0 aromatic carbocycles. The molecule has 0 spiro atoms. The maximum atomic E-state index is 12.8. The molecule has 0 aliphatic carbocycles. The molecule has 6 heteroatoms. The highest BCUT2D eigenvalue weighted by Crippen LogP contribution is 2.35. The van der Waals surface area contributed by atoms with Crippen LogP contribution in [0.4, 0.5) is 5.95 Å². The number of hydrogen-bond acceptors (Lipinski definition) is 5. The summed E-state index contributed by atoms with van der Waals surface area (Å²) in [6.07, 6.45) is 5.56. The summed E-state index contributed by atoms with van der Waals surface area (Å²) < 4.78 is 0. The summed E-state index contributed by atoms with van der Waals surface area (Å²) in [4.78, 5) is 26.7. The molecule has 22 heavy (non-hydrogen) atoms. The van der Waals surface area contributed by atoms with Gasteiger partial charge in [0, 0.05) is 25.5 Å². The van der Waals surface area contributed by atoms with Crippen LogP contribution in [0.3, 0.4) is 0 Å². The number of likely N-dealkylation sites (tertiary alicyclic amines) is 1. The number of nitrogens with zero attached hydrogens (tertiary/aromatic N) is 4. The number of rotatable bonds is 2. The fraction of sp³-hybridized carbons (Fsp3) is 0.438. The average Bonchev–Trinajstić information content (AvgIpc) is 3.23. The Morgan fingerprint density at radius 1 is 1.23 bits per heavy atom. The minimum atomic E-state index is 0.191. The molecule has 2 aromatic rings. The summed E-state index contributed by atoms with van der Waals surface area (Å²) in [6.45, 7) is 3.76. The molecule has 2 aliphatic rings. The molecule has 2 atom stereocenters. The van der Waals surface area contributed by atoms with E-state index in [0.717, 1.165) is 42.3 Å². The number of aromatic nitrogens is 2. The van der Waals surface area contributed by atoms with Gasteiger partial charge in [-0.1, -0.05) is 0 Å². The molecule has 0 N–H and O–H groups in total. The second kappa shape index (κ2) is 5.35. The first-order chi connectivity index (χ1) is 10.8. The van der Waals surface area contributed by atoms with Crippen LogP contribution in [0.2, 0.25) is 0 Å². The van der Waals surface area contributed by atoms with Crippen LogP contribution in [0, 0.1) is 6.92 Å². The van der Waals surface area contributed by atoms with Crippen molar-refractivity contribution < 1.29 is 4.79 Å². The second-order valence-corrected chi connectivity index (χ2v) is 6.80.